The number of carbonyl (C=O) groups excluding carboxylic acids is 2. The van der Waals surface area contributed by atoms with Gasteiger partial charge in [0.2, 0.25) is 5.91 Å². The van der Waals surface area contributed by atoms with E-state index >= 15 is 0 Å². The molecule has 0 aliphatic rings. The van der Waals surface area contributed by atoms with E-state index in [1.165, 1.54) is 0 Å². The van der Waals surface area contributed by atoms with Crippen molar-refractivity contribution in [3.05, 3.63) is 80.4 Å². The van der Waals surface area contributed by atoms with Crippen LogP contribution in [0, 0.1) is 26.1 Å². The van der Waals surface area contributed by atoms with Gasteiger partial charge in [-0.1, -0.05) is 61.5 Å². The van der Waals surface area contributed by atoms with E-state index in [-0.39, 0.29) is 32.3 Å². The smallest absolute Gasteiger partial charge is 0.306 e. The van der Waals surface area contributed by atoms with Gasteiger partial charge in [0, 0.05) is 12.5 Å². The van der Waals surface area contributed by atoms with Gasteiger partial charge >= 0.3 is 11.9 Å². The molecule has 42 heavy (non-hydrogen) atoms. The van der Waals surface area contributed by atoms with E-state index < -0.39 is 52.7 Å². The van der Waals surface area contributed by atoms with Crippen molar-refractivity contribution < 1.29 is 44.1 Å². The molecule has 3 atom stereocenters. The molecule has 0 saturated carbocycles. The van der Waals surface area contributed by atoms with Crippen LogP contribution in [0.25, 0.3) is 11.1 Å². The fourth-order valence-electron chi connectivity index (χ4n) is 4.15. The van der Waals surface area contributed by atoms with Crippen LogP contribution in [0.15, 0.2) is 54.6 Å². The highest BCUT2D eigenvalue weighted by atomic mass is 17.0. The number of carbonyl (C=O) groups is 3. The maximum atomic E-state index is 12.6. The molecule has 0 saturated heterocycles. The summed E-state index contributed by atoms with van der Waals surface area (Å²) in [6.45, 7) is 0.950. The largest absolute Gasteiger partial charge is 0.481 e. The molecule has 14 heteroatoms. The van der Waals surface area contributed by atoms with Crippen LogP contribution in [-0.2, 0) is 35.2 Å². The fraction of sp³-hybridized carbons (Fsp3) is 0.464. The second-order valence-electron chi connectivity index (χ2n) is 9.69. The van der Waals surface area contributed by atoms with Gasteiger partial charge in [-0.25, -0.2) is 0 Å². The lowest BCUT2D eigenvalue weighted by molar-refractivity contribution is -0.790. The number of carboxylic acid groups (broad SMARTS) is 1. The maximum absolute atomic E-state index is 12.6. The van der Waals surface area contributed by atoms with Crippen molar-refractivity contribution in [3.8, 4) is 11.1 Å². The number of nitrogens with one attached hydrogen (secondary N) is 1. The van der Waals surface area contributed by atoms with Crippen molar-refractivity contribution in [2.75, 3.05) is 13.2 Å². The van der Waals surface area contributed by atoms with Crippen molar-refractivity contribution in [3.63, 3.8) is 0 Å². The second kappa shape index (κ2) is 17.8. The molecule has 2 rings (SSSR count). The predicted octanol–water partition coefficient (Wildman–Crippen LogP) is 3.77. The normalized spacial score (nSPS) is 12.8. The summed E-state index contributed by atoms with van der Waals surface area (Å²) < 4.78 is 5.09. The number of amides is 1. The zero-order valence-electron chi connectivity index (χ0n) is 23.2. The third kappa shape index (κ3) is 13.5. The molecule has 228 valence electrons. The predicted molar refractivity (Wildman–Crippen MR) is 148 cm³/mol. The van der Waals surface area contributed by atoms with E-state index in [1.807, 2.05) is 54.6 Å². The van der Waals surface area contributed by atoms with Crippen LogP contribution >= 0.6 is 0 Å². The summed E-state index contributed by atoms with van der Waals surface area (Å²) in [5, 5.41) is 30.8. The number of rotatable bonds is 20. The lowest BCUT2D eigenvalue weighted by Crippen LogP contribution is -2.38. The van der Waals surface area contributed by atoms with Gasteiger partial charge in [-0.3, -0.25) is 14.4 Å². The SMILES string of the molecule is CC(C[C@@H](Cc1ccc(-c2ccccc2)cc1)NC(=O)CCC(=O)OCCCCC(CO[N+](=O)[O-])O[N+](=O)[O-])C(=O)O. The summed E-state index contributed by atoms with van der Waals surface area (Å²) in [6.07, 6.45) is -0.168. The lowest BCUT2D eigenvalue weighted by Gasteiger charge is -2.21. The number of benzene rings is 2. The van der Waals surface area contributed by atoms with E-state index in [9.17, 15) is 39.7 Å². The van der Waals surface area contributed by atoms with E-state index in [4.69, 9.17) is 4.74 Å². The molecule has 0 aromatic heterocycles. The van der Waals surface area contributed by atoms with E-state index in [0.29, 0.717) is 19.3 Å². The van der Waals surface area contributed by atoms with Gasteiger partial charge in [-0.15, -0.1) is 20.2 Å². The molecule has 0 spiro atoms. The van der Waals surface area contributed by atoms with Crippen LogP contribution in [0.3, 0.4) is 0 Å². The minimum atomic E-state index is -1.14. The van der Waals surface area contributed by atoms with Crippen molar-refractivity contribution in [2.24, 2.45) is 5.92 Å². The summed E-state index contributed by atoms with van der Waals surface area (Å²) in [5.74, 6) is -2.70. The Balaban J connectivity index is 1.79. The number of hydrogen-bond donors (Lipinski definition) is 2. The van der Waals surface area contributed by atoms with Gasteiger partial charge in [0.05, 0.1) is 18.9 Å². The molecule has 0 fully saturated rings. The molecule has 2 aromatic carbocycles. The zero-order valence-corrected chi connectivity index (χ0v) is 23.2. The first kappa shape index (κ1) is 33.5. The summed E-state index contributed by atoms with van der Waals surface area (Å²) in [4.78, 5) is 65.3. The molecule has 0 aliphatic heterocycles. The topological polar surface area (TPSA) is 197 Å². The molecule has 1 amide bonds. The quantitative estimate of drug-likeness (QED) is 0.0986. The van der Waals surface area contributed by atoms with E-state index in [0.717, 1.165) is 16.7 Å². The van der Waals surface area contributed by atoms with Crippen LogP contribution in [0.4, 0.5) is 0 Å². The van der Waals surface area contributed by atoms with Crippen LogP contribution in [0.1, 0.15) is 51.0 Å². The van der Waals surface area contributed by atoms with Crippen molar-refractivity contribution in [2.45, 2.75) is 64.0 Å². The number of carboxylic acids is 1. The van der Waals surface area contributed by atoms with Gasteiger partial charge in [0.25, 0.3) is 10.2 Å². The molecule has 2 N–H and O–H groups in total. The first-order valence-corrected chi connectivity index (χ1v) is 13.4. The molecule has 14 nitrogen and oxygen atoms in total. The highest BCUT2D eigenvalue weighted by molar-refractivity contribution is 5.81. The highest BCUT2D eigenvalue weighted by Gasteiger charge is 2.21. The third-order valence-corrected chi connectivity index (χ3v) is 6.31. The van der Waals surface area contributed by atoms with Crippen LogP contribution in [0.2, 0.25) is 0 Å². The minimum absolute atomic E-state index is 0.0144. The monoisotopic (exact) mass is 589 g/mol. The molecule has 0 radical (unpaired) electrons. The Hall–Kier alpha value is -4.75. The molecule has 2 aromatic rings. The van der Waals surface area contributed by atoms with Crippen LogP contribution in [0.5, 0.6) is 0 Å². The molecular weight excluding hydrogens is 554 g/mol. The number of esters is 1. The first-order valence-electron chi connectivity index (χ1n) is 13.4. The van der Waals surface area contributed by atoms with Gasteiger partial charge in [-0.05, 0) is 48.8 Å². The molecule has 0 bridgehead atoms. The third-order valence-electron chi connectivity index (χ3n) is 6.31. The number of hydrogen-bond acceptors (Lipinski definition) is 10. The number of ether oxygens (including phenoxy) is 1. The summed E-state index contributed by atoms with van der Waals surface area (Å²) in [6, 6.07) is 17.2. The Bertz CT molecular complexity index is 1180. The van der Waals surface area contributed by atoms with Gasteiger partial charge in [0.15, 0.2) is 0 Å². The summed E-state index contributed by atoms with van der Waals surface area (Å²) in [5.41, 5.74) is 3.02. The average molecular weight is 590 g/mol. The van der Waals surface area contributed by atoms with Gasteiger partial charge in [0.1, 0.15) is 12.7 Å². The van der Waals surface area contributed by atoms with E-state index in [2.05, 4.69) is 15.0 Å². The maximum Gasteiger partial charge on any atom is 0.306 e. The lowest BCUT2D eigenvalue weighted by atomic mass is 9.95. The Morgan fingerprint density at radius 2 is 1.60 bits per heavy atom. The Labute approximate surface area is 242 Å². The minimum Gasteiger partial charge on any atom is -0.481 e. The molecular formula is C28H35N3O11. The summed E-state index contributed by atoms with van der Waals surface area (Å²) >= 11 is 0. The number of unbranched alkanes of at least 4 members (excludes halogenated alkanes) is 1. The van der Waals surface area contributed by atoms with E-state index in [1.54, 1.807) is 6.92 Å². The summed E-state index contributed by atoms with van der Waals surface area (Å²) in [7, 11) is 0. The van der Waals surface area contributed by atoms with Crippen molar-refractivity contribution in [1.82, 2.24) is 5.32 Å². The fourth-order valence-corrected chi connectivity index (χ4v) is 4.15. The first-order chi connectivity index (χ1) is 20.0. The molecule has 0 heterocycles. The number of nitrogens with zero attached hydrogens (tertiary/aromatic N) is 2. The average Bonchev–Trinajstić information content (AvgIpc) is 2.95. The van der Waals surface area contributed by atoms with Crippen LogP contribution in [-0.4, -0.2) is 58.5 Å². The standard InChI is InChI=1S/C28H35N3O11/c1-20(28(34)35)17-24(18-21-10-12-23(13-11-21)22-7-3-2-4-8-22)29-26(32)14-15-27(33)40-16-6-5-9-25(42-31(38)39)19-41-30(36)37/h2-4,7-8,10-13,20,24-25H,5-6,9,14-19H2,1H3,(H,29,32)(H,34,35)/t20?,24-,25?/m0/s1. The zero-order chi connectivity index (χ0) is 30.9. The number of aliphatic carboxylic acids is 1. The van der Waals surface area contributed by atoms with Gasteiger partial charge in [-0.2, -0.15) is 0 Å². The Morgan fingerprint density at radius 3 is 2.21 bits per heavy atom. The van der Waals surface area contributed by atoms with Crippen molar-refractivity contribution in [1.29, 1.82) is 0 Å². The highest BCUT2D eigenvalue weighted by Crippen LogP contribution is 2.21. The molecule has 2 unspecified atom stereocenters. The van der Waals surface area contributed by atoms with Crippen LogP contribution < -0.4 is 5.32 Å². The van der Waals surface area contributed by atoms with Gasteiger partial charge < -0.3 is 24.8 Å². The molecule has 0 aliphatic carbocycles. The second-order valence-corrected chi connectivity index (χ2v) is 9.69. The Kier molecular flexibility index (Phi) is 14.2. The Morgan fingerprint density at radius 1 is 0.929 bits per heavy atom. The van der Waals surface area contributed by atoms with Crippen molar-refractivity contribution >= 4 is 17.8 Å².